The molecule has 0 unspecified atom stereocenters. The van der Waals surface area contributed by atoms with Gasteiger partial charge in [-0.3, -0.25) is 4.79 Å². The number of pyridine rings is 1. The van der Waals surface area contributed by atoms with Gasteiger partial charge in [0.25, 0.3) is 5.91 Å². The highest BCUT2D eigenvalue weighted by molar-refractivity contribution is 6.05. The molecule has 6 nitrogen and oxygen atoms in total. The van der Waals surface area contributed by atoms with Gasteiger partial charge in [-0.05, 0) is 13.0 Å². The lowest BCUT2D eigenvalue weighted by molar-refractivity contribution is 0.102. The molecule has 2 aromatic rings. The fourth-order valence-electron chi connectivity index (χ4n) is 1.74. The van der Waals surface area contributed by atoms with E-state index in [1.54, 1.807) is 25.3 Å². The van der Waals surface area contributed by atoms with Crippen LogP contribution < -0.4 is 10.1 Å². The number of methoxy groups -OCH3 is 1. The van der Waals surface area contributed by atoms with Gasteiger partial charge < -0.3 is 14.6 Å². The number of ether oxygens (including phenoxy) is 1. The zero-order chi connectivity index (χ0) is 13.8. The van der Waals surface area contributed by atoms with E-state index in [0.29, 0.717) is 35.0 Å². The molecule has 2 heterocycles. The summed E-state index contributed by atoms with van der Waals surface area (Å²) >= 11 is 0. The number of anilines is 1. The highest BCUT2D eigenvalue weighted by Gasteiger charge is 2.19. The Kier molecular flexibility index (Phi) is 3.79. The van der Waals surface area contributed by atoms with Gasteiger partial charge in [-0.25, -0.2) is 4.98 Å². The van der Waals surface area contributed by atoms with E-state index in [0.717, 1.165) is 0 Å². The molecule has 0 saturated carbocycles. The van der Waals surface area contributed by atoms with Crippen molar-refractivity contribution >= 4 is 11.6 Å². The quantitative estimate of drug-likeness (QED) is 0.912. The minimum atomic E-state index is -0.246. The van der Waals surface area contributed by atoms with Crippen LogP contribution in [0.1, 0.15) is 28.7 Å². The number of nitrogens with one attached hydrogen (secondary N) is 1. The van der Waals surface area contributed by atoms with Gasteiger partial charge >= 0.3 is 0 Å². The average Bonchev–Trinajstić information content (AvgIpc) is 2.80. The van der Waals surface area contributed by atoms with Crippen molar-refractivity contribution in [2.45, 2.75) is 20.3 Å². The molecule has 2 rings (SSSR count). The first-order valence-electron chi connectivity index (χ1n) is 5.92. The van der Waals surface area contributed by atoms with E-state index in [1.165, 1.54) is 7.11 Å². The van der Waals surface area contributed by atoms with Crippen molar-refractivity contribution in [1.29, 1.82) is 0 Å². The summed E-state index contributed by atoms with van der Waals surface area (Å²) in [5.74, 6) is 0.774. The standard InChI is InChI=1S/C13H15N3O3/c1-4-10-12(8(2)16-19-10)13(17)15-9-5-6-14-11(7-9)18-3/h5-7H,4H2,1-3H3,(H,14,15,17). The lowest BCUT2D eigenvalue weighted by atomic mass is 10.1. The van der Waals surface area contributed by atoms with Crippen LogP contribution in [-0.2, 0) is 6.42 Å². The predicted octanol–water partition coefficient (Wildman–Crippen LogP) is 2.20. The molecule has 2 aromatic heterocycles. The fourth-order valence-corrected chi connectivity index (χ4v) is 1.74. The molecule has 100 valence electrons. The highest BCUT2D eigenvalue weighted by atomic mass is 16.5. The Morgan fingerprint density at radius 1 is 1.53 bits per heavy atom. The average molecular weight is 261 g/mol. The summed E-state index contributed by atoms with van der Waals surface area (Å²) < 4.78 is 10.1. The van der Waals surface area contributed by atoms with Gasteiger partial charge in [0.15, 0.2) is 0 Å². The molecular formula is C13H15N3O3. The number of hydrogen-bond acceptors (Lipinski definition) is 5. The SMILES string of the molecule is CCc1onc(C)c1C(=O)Nc1ccnc(OC)c1. The van der Waals surface area contributed by atoms with Crippen LogP contribution in [0.15, 0.2) is 22.9 Å². The van der Waals surface area contributed by atoms with Crippen LogP contribution in [0.2, 0.25) is 0 Å². The van der Waals surface area contributed by atoms with Crippen LogP contribution in [0.5, 0.6) is 5.88 Å². The Morgan fingerprint density at radius 3 is 3.00 bits per heavy atom. The van der Waals surface area contributed by atoms with E-state index in [2.05, 4.69) is 15.5 Å². The molecule has 19 heavy (non-hydrogen) atoms. The zero-order valence-electron chi connectivity index (χ0n) is 11.1. The predicted molar refractivity (Wildman–Crippen MR) is 69.4 cm³/mol. The van der Waals surface area contributed by atoms with Crippen molar-refractivity contribution < 1.29 is 14.1 Å². The van der Waals surface area contributed by atoms with Gasteiger partial charge in [0.2, 0.25) is 5.88 Å². The van der Waals surface area contributed by atoms with E-state index in [4.69, 9.17) is 9.26 Å². The van der Waals surface area contributed by atoms with Gasteiger partial charge in [-0.1, -0.05) is 12.1 Å². The second-order valence-electron chi connectivity index (χ2n) is 3.96. The molecule has 0 bridgehead atoms. The van der Waals surface area contributed by atoms with Crippen molar-refractivity contribution in [1.82, 2.24) is 10.1 Å². The molecule has 0 aromatic carbocycles. The van der Waals surface area contributed by atoms with Gasteiger partial charge in [-0.15, -0.1) is 0 Å². The van der Waals surface area contributed by atoms with Crippen LogP contribution >= 0.6 is 0 Å². The normalized spacial score (nSPS) is 10.3. The fraction of sp³-hybridized carbons (Fsp3) is 0.308. The van der Waals surface area contributed by atoms with Crippen LogP contribution in [0.3, 0.4) is 0 Å². The molecule has 0 fully saturated rings. The van der Waals surface area contributed by atoms with Crippen LogP contribution in [0, 0.1) is 6.92 Å². The third-order valence-electron chi connectivity index (χ3n) is 2.68. The highest BCUT2D eigenvalue weighted by Crippen LogP contribution is 2.18. The number of hydrogen-bond donors (Lipinski definition) is 1. The number of nitrogens with zero attached hydrogens (tertiary/aromatic N) is 2. The summed E-state index contributed by atoms with van der Waals surface area (Å²) in [6.45, 7) is 3.65. The monoisotopic (exact) mass is 261 g/mol. The molecule has 0 radical (unpaired) electrons. The Labute approximate surface area is 110 Å². The number of aryl methyl sites for hydroxylation is 2. The maximum absolute atomic E-state index is 12.2. The Balaban J connectivity index is 2.23. The first-order valence-corrected chi connectivity index (χ1v) is 5.92. The summed E-state index contributed by atoms with van der Waals surface area (Å²) in [5, 5.41) is 6.59. The molecule has 0 aliphatic heterocycles. The molecule has 1 amide bonds. The number of amides is 1. The third-order valence-corrected chi connectivity index (χ3v) is 2.68. The van der Waals surface area contributed by atoms with E-state index in [9.17, 15) is 4.79 Å². The smallest absolute Gasteiger partial charge is 0.261 e. The van der Waals surface area contributed by atoms with Crippen molar-refractivity contribution in [3.8, 4) is 5.88 Å². The Bertz CT molecular complexity index is 593. The largest absolute Gasteiger partial charge is 0.481 e. The third kappa shape index (κ3) is 2.73. The molecule has 0 saturated heterocycles. The van der Waals surface area contributed by atoms with Crippen LogP contribution in [0.4, 0.5) is 5.69 Å². The first kappa shape index (κ1) is 13.1. The summed E-state index contributed by atoms with van der Waals surface area (Å²) in [7, 11) is 1.52. The summed E-state index contributed by atoms with van der Waals surface area (Å²) in [4.78, 5) is 16.2. The van der Waals surface area contributed by atoms with E-state index < -0.39 is 0 Å². The van der Waals surface area contributed by atoms with Gasteiger partial charge in [0.1, 0.15) is 11.3 Å². The molecule has 1 N–H and O–H groups in total. The minimum Gasteiger partial charge on any atom is -0.481 e. The lowest BCUT2D eigenvalue weighted by Gasteiger charge is -2.06. The number of rotatable bonds is 4. The maximum Gasteiger partial charge on any atom is 0.261 e. The van der Waals surface area contributed by atoms with Gasteiger partial charge in [0.05, 0.1) is 12.8 Å². The van der Waals surface area contributed by atoms with Crippen molar-refractivity contribution in [2.24, 2.45) is 0 Å². The summed E-state index contributed by atoms with van der Waals surface area (Å²) in [6, 6.07) is 3.33. The second kappa shape index (κ2) is 5.51. The topological polar surface area (TPSA) is 77.3 Å². The van der Waals surface area contributed by atoms with Crippen molar-refractivity contribution in [2.75, 3.05) is 12.4 Å². The number of carbonyl (C=O) groups excluding carboxylic acids is 1. The molecule has 0 atom stereocenters. The maximum atomic E-state index is 12.2. The van der Waals surface area contributed by atoms with E-state index in [1.807, 2.05) is 6.92 Å². The molecule has 0 aliphatic carbocycles. The second-order valence-corrected chi connectivity index (χ2v) is 3.96. The molecular weight excluding hydrogens is 246 g/mol. The minimum absolute atomic E-state index is 0.246. The zero-order valence-corrected chi connectivity index (χ0v) is 11.1. The van der Waals surface area contributed by atoms with Crippen LogP contribution in [-0.4, -0.2) is 23.2 Å². The number of aromatic nitrogens is 2. The van der Waals surface area contributed by atoms with Gasteiger partial charge in [-0.2, -0.15) is 0 Å². The summed E-state index contributed by atoms with van der Waals surface area (Å²) in [6.07, 6.45) is 2.18. The summed E-state index contributed by atoms with van der Waals surface area (Å²) in [5.41, 5.74) is 1.67. The molecule has 6 heteroatoms. The molecule has 0 aliphatic rings. The van der Waals surface area contributed by atoms with Gasteiger partial charge in [0, 0.05) is 24.4 Å². The van der Waals surface area contributed by atoms with Crippen molar-refractivity contribution in [3.05, 3.63) is 35.3 Å². The first-order chi connectivity index (χ1) is 9.15. The van der Waals surface area contributed by atoms with E-state index in [-0.39, 0.29) is 5.91 Å². The molecule has 0 spiro atoms. The Hall–Kier alpha value is -2.37. The number of carbonyl (C=O) groups is 1. The Morgan fingerprint density at radius 2 is 2.32 bits per heavy atom. The lowest BCUT2D eigenvalue weighted by Crippen LogP contribution is -2.14. The van der Waals surface area contributed by atoms with E-state index >= 15 is 0 Å². The van der Waals surface area contributed by atoms with Crippen LogP contribution in [0.25, 0.3) is 0 Å². The van der Waals surface area contributed by atoms with Crippen molar-refractivity contribution in [3.63, 3.8) is 0 Å².